The molecule has 0 aliphatic heterocycles. The van der Waals surface area contributed by atoms with E-state index >= 15 is 0 Å². The van der Waals surface area contributed by atoms with Crippen LogP contribution in [0.1, 0.15) is 26.5 Å². The number of aliphatic carboxylic acids is 1. The number of para-hydroxylation sites is 1. The van der Waals surface area contributed by atoms with Crippen LogP contribution in [0.2, 0.25) is 0 Å². The predicted molar refractivity (Wildman–Crippen MR) is 102 cm³/mol. The van der Waals surface area contributed by atoms with Gasteiger partial charge in [-0.05, 0) is 35.9 Å². The van der Waals surface area contributed by atoms with Gasteiger partial charge in [-0.2, -0.15) is 0 Å². The fourth-order valence-corrected chi connectivity index (χ4v) is 2.50. The molecule has 0 bridgehead atoms. The van der Waals surface area contributed by atoms with Crippen molar-refractivity contribution in [1.82, 2.24) is 15.3 Å². The van der Waals surface area contributed by atoms with E-state index in [2.05, 4.69) is 15.3 Å². The van der Waals surface area contributed by atoms with Crippen LogP contribution in [0, 0.1) is 0 Å². The van der Waals surface area contributed by atoms with Crippen LogP contribution in [0.25, 0.3) is 17.0 Å². The molecule has 3 N–H and O–H groups in total. The van der Waals surface area contributed by atoms with Gasteiger partial charge in [-0.3, -0.25) is 19.2 Å². The van der Waals surface area contributed by atoms with Gasteiger partial charge in [0.2, 0.25) is 5.78 Å². The Morgan fingerprint density at radius 3 is 2.68 bits per heavy atom. The van der Waals surface area contributed by atoms with Gasteiger partial charge < -0.3 is 15.4 Å². The molecule has 3 aromatic rings. The quantitative estimate of drug-likeness (QED) is 0.442. The van der Waals surface area contributed by atoms with E-state index in [1.807, 2.05) is 0 Å². The number of hydrogen-bond donors (Lipinski definition) is 3. The number of allylic oxidation sites excluding steroid dienone is 1. The van der Waals surface area contributed by atoms with Crippen molar-refractivity contribution in [3.05, 3.63) is 81.9 Å². The first-order chi connectivity index (χ1) is 13.4. The van der Waals surface area contributed by atoms with Gasteiger partial charge in [0.25, 0.3) is 11.5 Å². The lowest BCUT2D eigenvalue weighted by atomic mass is 10.1. The second kappa shape index (κ2) is 8.09. The Balaban J connectivity index is 1.79. The first kappa shape index (κ1) is 18.7. The standard InChI is InChI=1S/C20H15N3O5/c24-16(18-22-15-7-2-1-6-14(15)20(28)23-18)9-8-12-4-3-5-13(10-12)19(27)21-11-17(25)26/h1-10H,11H2,(H,21,27)(H,25,26)(H,22,23,28). The lowest BCUT2D eigenvalue weighted by molar-refractivity contribution is -0.135. The molecule has 1 amide bonds. The van der Waals surface area contributed by atoms with Gasteiger partial charge in [-0.15, -0.1) is 0 Å². The molecule has 3 rings (SSSR count). The molecule has 0 aliphatic carbocycles. The molecule has 0 saturated heterocycles. The van der Waals surface area contributed by atoms with E-state index in [4.69, 9.17) is 5.11 Å². The van der Waals surface area contributed by atoms with E-state index in [1.165, 1.54) is 24.3 Å². The number of carboxylic acid groups (broad SMARTS) is 1. The average Bonchev–Trinajstić information content (AvgIpc) is 2.70. The van der Waals surface area contributed by atoms with Gasteiger partial charge in [-0.1, -0.05) is 30.3 Å². The van der Waals surface area contributed by atoms with Crippen LogP contribution in [-0.4, -0.2) is 39.3 Å². The highest BCUT2D eigenvalue weighted by Crippen LogP contribution is 2.09. The Bertz CT molecular complexity index is 1160. The van der Waals surface area contributed by atoms with Crippen LogP contribution >= 0.6 is 0 Å². The number of carbonyl (C=O) groups excluding carboxylic acids is 2. The van der Waals surface area contributed by atoms with Crippen molar-refractivity contribution < 1.29 is 19.5 Å². The molecule has 0 fully saturated rings. The molecule has 0 unspecified atom stereocenters. The number of benzene rings is 2. The molecule has 28 heavy (non-hydrogen) atoms. The summed E-state index contributed by atoms with van der Waals surface area (Å²) in [6.07, 6.45) is 2.72. The summed E-state index contributed by atoms with van der Waals surface area (Å²) >= 11 is 0. The smallest absolute Gasteiger partial charge is 0.322 e. The first-order valence-corrected chi connectivity index (χ1v) is 8.25. The fraction of sp³-hybridized carbons (Fsp3) is 0.0500. The molecular formula is C20H15N3O5. The molecule has 0 atom stereocenters. The summed E-state index contributed by atoms with van der Waals surface area (Å²) in [6.45, 7) is -0.488. The molecule has 1 aromatic heterocycles. The summed E-state index contributed by atoms with van der Waals surface area (Å²) in [7, 11) is 0. The molecule has 8 heteroatoms. The van der Waals surface area contributed by atoms with Gasteiger partial charge in [-0.25, -0.2) is 4.98 Å². The Morgan fingerprint density at radius 2 is 1.89 bits per heavy atom. The molecular weight excluding hydrogens is 362 g/mol. The van der Waals surface area contributed by atoms with Crippen molar-refractivity contribution in [3.63, 3.8) is 0 Å². The van der Waals surface area contributed by atoms with E-state index in [-0.39, 0.29) is 11.4 Å². The number of aromatic amines is 1. The summed E-state index contributed by atoms with van der Waals surface area (Å²) in [5.74, 6) is -2.27. The molecule has 0 radical (unpaired) electrons. The molecule has 140 valence electrons. The maximum absolute atomic E-state index is 12.3. The lowest BCUT2D eigenvalue weighted by Gasteiger charge is -2.03. The number of nitrogens with one attached hydrogen (secondary N) is 2. The maximum atomic E-state index is 12.3. The fourth-order valence-electron chi connectivity index (χ4n) is 2.50. The van der Waals surface area contributed by atoms with Crippen LogP contribution in [0.15, 0.2) is 59.4 Å². The van der Waals surface area contributed by atoms with Crippen LogP contribution in [-0.2, 0) is 4.79 Å². The minimum atomic E-state index is -1.15. The predicted octanol–water partition coefficient (Wildman–Crippen LogP) is 1.63. The first-order valence-electron chi connectivity index (χ1n) is 8.25. The Morgan fingerprint density at radius 1 is 1.11 bits per heavy atom. The van der Waals surface area contributed by atoms with Crippen LogP contribution in [0.3, 0.4) is 0 Å². The topological polar surface area (TPSA) is 129 Å². The van der Waals surface area contributed by atoms with Gasteiger partial charge >= 0.3 is 5.97 Å². The molecule has 0 aliphatic rings. The van der Waals surface area contributed by atoms with E-state index in [0.29, 0.717) is 16.5 Å². The highest BCUT2D eigenvalue weighted by atomic mass is 16.4. The average molecular weight is 377 g/mol. The third-order valence-electron chi connectivity index (χ3n) is 3.82. The normalized spacial score (nSPS) is 10.9. The van der Waals surface area contributed by atoms with Crippen molar-refractivity contribution in [2.45, 2.75) is 0 Å². The van der Waals surface area contributed by atoms with Gasteiger partial charge in [0.15, 0.2) is 5.82 Å². The second-order valence-electron chi connectivity index (χ2n) is 5.83. The maximum Gasteiger partial charge on any atom is 0.322 e. The monoisotopic (exact) mass is 377 g/mol. The van der Waals surface area contributed by atoms with Crippen LogP contribution in [0.5, 0.6) is 0 Å². The zero-order valence-corrected chi connectivity index (χ0v) is 14.5. The number of carbonyl (C=O) groups is 3. The number of fused-ring (bicyclic) bond motifs is 1. The van der Waals surface area contributed by atoms with Crippen molar-refractivity contribution in [2.75, 3.05) is 6.54 Å². The zero-order valence-electron chi connectivity index (χ0n) is 14.5. The van der Waals surface area contributed by atoms with Gasteiger partial charge in [0.1, 0.15) is 6.54 Å². The van der Waals surface area contributed by atoms with Crippen molar-refractivity contribution in [1.29, 1.82) is 0 Å². The summed E-state index contributed by atoms with van der Waals surface area (Å²) < 4.78 is 0. The van der Waals surface area contributed by atoms with Crippen molar-refractivity contribution in [2.24, 2.45) is 0 Å². The molecule has 8 nitrogen and oxygen atoms in total. The van der Waals surface area contributed by atoms with E-state index < -0.39 is 29.8 Å². The van der Waals surface area contributed by atoms with Crippen molar-refractivity contribution >= 4 is 34.6 Å². The second-order valence-corrected chi connectivity index (χ2v) is 5.83. The SMILES string of the molecule is O=C(O)CNC(=O)c1cccc(C=CC(=O)c2nc3ccccc3c(=O)[nH]2)c1. The molecule has 1 heterocycles. The minimum Gasteiger partial charge on any atom is -0.480 e. The van der Waals surface area contributed by atoms with E-state index in [0.717, 1.165) is 0 Å². The summed E-state index contributed by atoms with van der Waals surface area (Å²) in [5, 5.41) is 11.3. The Hall–Kier alpha value is -4.07. The number of amides is 1. The number of H-pyrrole nitrogens is 1. The van der Waals surface area contributed by atoms with E-state index in [9.17, 15) is 19.2 Å². The lowest BCUT2D eigenvalue weighted by Crippen LogP contribution is -2.29. The largest absolute Gasteiger partial charge is 0.480 e. The number of ketones is 1. The molecule has 2 aromatic carbocycles. The van der Waals surface area contributed by atoms with E-state index in [1.54, 1.807) is 36.4 Å². The van der Waals surface area contributed by atoms with Crippen LogP contribution < -0.4 is 10.9 Å². The third kappa shape index (κ3) is 4.36. The van der Waals surface area contributed by atoms with Crippen molar-refractivity contribution in [3.8, 4) is 0 Å². The summed E-state index contributed by atoms with van der Waals surface area (Å²) in [5.41, 5.74) is 0.826. The number of nitrogens with zero attached hydrogens (tertiary/aromatic N) is 1. The third-order valence-corrected chi connectivity index (χ3v) is 3.82. The summed E-state index contributed by atoms with van der Waals surface area (Å²) in [6, 6.07) is 13.0. The number of rotatable bonds is 6. The highest BCUT2D eigenvalue weighted by molar-refractivity contribution is 6.05. The number of aromatic nitrogens is 2. The Kier molecular flexibility index (Phi) is 5.40. The minimum absolute atomic E-state index is 0.0877. The van der Waals surface area contributed by atoms with Gasteiger partial charge in [0.05, 0.1) is 10.9 Å². The zero-order chi connectivity index (χ0) is 20.1. The Labute approximate surface area is 158 Å². The molecule has 0 saturated carbocycles. The number of carboxylic acids is 1. The summed E-state index contributed by atoms with van der Waals surface area (Å²) in [4.78, 5) is 53.4. The number of hydrogen-bond acceptors (Lipinski definition) is 5. The molecule has 0 spiro atoms. The highest BCUT2D eigenvalue weighted by Gasteiger charge is 2.10. The van der Waals surface area contributed by atoms with Crippen LogP contribution in [0.4, 0.5) is 0 Å². The van der Waals surface area contributed by atoms with Gasteiger partial charge in [0, 0.05) is 5.56 Å².